The van der Waals surface area contributed by atoms with Crippen LogP contribution < -0.4 is 9.80 Å². The zero-order valence-corrected chi connectivity index (χ0v) is 38.5. The smallest absolute Gasteiger partial charge is 0.137 e. The molecule has 0 amide bonds. The van der Waals surface area contributed by atoms with Crippen molar-refractivity contribution in [2.24, 2.45) is 0 Å². The number of benzene rings is 11. The lowest BCUT2D eigenvalue weighted by Crippen LogP contribution is -2.10. The van der Waals surface area contributed by atoms with Gasteiger partial charge in [-0.3, -0.25) is 0 Å². The molecule has 0 aliphatic heterocycles. The van der Waals surface area contributed by atoms with Crippen LogP contribution in [-0.4, -0.2) is 8.80 Å². The van der Waals surface area contributed by atoms with Crippen molar-refractivity contribution >= 4 is 154 Å². The van der Waals surface area contributed by atoms with E-state index in [2.05, 4.69) is 225 Å². The predicted molar refractivity (Wildman–Crippen MR) is 300 cm³/mol. The van der Waals surface area contributed by atoms with E-state index in [1.54, 1.807) is 0 Å². The van der Waals surface area contributed by atoms with E-state index in [-0.39, 0.29) is 0 Å². The first-order valence-corrected chi connectivity index (χ1v) is 24.6. The predicted octanol–water partition coefficient (Wildman–Crippen LogP) is 18.7. The summed E-state index contributed by atoms with van der Waals surface area (Å²) in [5.74, 6) is 0. The first kappa shape index (κ1) is 38.1. The Labute approximate surface area is 410 Å². The van der Waals surface area contributed by atoms with Gasteiger partial charge in [0.05, 0.1) is 44.5 Å². The fourth-order valence-corrected chi connectivity index (χ4v) is 12.6. The zero-order valence-electron chi connectivity index (χ0n) is 38.5. The van der Waals surface area contributed by atoms with Crippen LogP contribution in [-0.2, 0) is 0 Å². The Morgan fingerprint density at radius 1 is 0.250 bits per heavy atom. The van der Waals surface area contributed by atoms with Gasteiger partial charge in [0.1, 0.15) is 22.3 Å². The Morgan fingerprint density at radius 2 is 0.625 bits per heavy atom. The minimum Gasteiger partial charge on any atom is -0.456 e. The molecular formula is C66H38N4O2. The van der Waals surface area contributed by atoms with Crippen LogP contribution in [0, 0.1) is 0 Å². The molecule has 6 aromatic heterocycles. The van der Waals surface area contributed by atoms with E-state index < -0.39 is 0 Å². The molecule has 0 atom stereocenters. The summed E-state index contributed by atoms with van der Waals surface area (Å²) in [6, 6.07) is 83.4. The van der Waals surface area contributed by atoms with Crippen LogP contribution in [0.5, 0.6) is 0 Å². The maximum absolute atomic E-state index is 6.50. The molecule has 334 valence electrons. The third-order valence-corrected chi connectivity index (χ3v) is 15.5. The summed E-state index contributed by atoms with van der Waals surface area (Å²) in [6.45, 7) is 0. The number of hydrogen-bond donors (Lipinski definition) is 0. The van der Waals surface area contributed by atoms with Gasteiger partial charge in [-0.1, -0.05) is 121 Å². The summed E-state index contributed by atoms with van der Waals surface area (Å²) in [4.78, 5) is 4.80. The van der Waals surface area contributed by atoms with Crippen LogP contribution in [0.15, 0.2) is 239 Å². The Balaban J connectivity index is 0.923. The number of fused-ring (bicyclic) bond motifs is 18. The molecule has 11 aromatic carbocycles. The van der Waals surface area contributed by atoms with E-state index in [9.17, 15) is 0 Å². The average Bonchev–Trinajstić information content (AvgIpc) is 4.28. The third kappa shape index (κ3) is 4.97. The molecule has 0 unspecified atom stereocenters. The highest BCUT2D eigenvalue weighted by atomic mass is 16.3. The van der Waals surface area contributed by atoms with Gasteiger partial charge in [0.15, 0.2) is 0 Å². The molecule has 0 saturated heterocycles. The number of nitrogens with zero attached hydrogens (tertiary/aromatic N) is 4. The average molecular weight is 919 g/mol. The molecule has 17 rings (SSSR count). The molecule has 0 bridgehead atoms. The lowest BCUT2D eigenvalue weighted by molar-refractivity contribution is 0.668. The van der Waals surface area contributed by atoms with Gasteiger partial charge in [-0.15, -0.1) is 0 Å². The van der Waals surface area contributed by atoms with Gasteiger partial charge < -0.3 is 27.4 Å². The number of aromatic nitrogens is 2. The van der Waals surface area contributed by atoms with E-state index in [4.69, 9.17) is 8.83 Å². The van der Waals surface area contributed by atoms with Crippen LogP contribution in [0.2, 0.25) is 0 Å². The van der Waals surface area contributed by atoms with E-state index in [1.165, 1.54) is 76.2 Å². The van der Waals surface area contributed by atoms with Gasteiger partial charge >= 0.3 is 0 Å². The molecular weight excluding hydrogens is 881 g/mol. The molecule has 6 heterocycles. The first-order valence-electron chi connectivity index (χ1n) is 24.6. The number of anilines is 6. The number of hydrogen-bond acceptors (Lipinski definition) is 4. The van der Waals surface area contributed by atoms with Gasteiger partial charge in [0.25, 0.3) is 0 Å². The molecule has 0 aliphatic rings. The van der Waals surface area contributed by atoms with Gasteiger partial charge in [-0.25, -0.2) is 0 Å². The molecule has 0 radical (unpaired) electrons. The van der Waals surface area contributed by atoms with E-state index >= 15 is 0 Å². The van der Waals surface area contributed by atoms with Crippen molar-refractivity contribution in [3.05, 3.63) is 231 Å². The van der Waals surface area contributed by atoms with Gasteiger partial charge in [0.2, 0.25) is 0 Å². The topological polar surface area (TPSA) is 41.6 Å². The number of rotatable bonds is 6. The van der Waals surface area contributed by atoms with Gasteiger partial charge in [-0.05, 0) is 97.1 Å². The zero-order chi connectivity index (χ0) is 46.8. The second-order valence-electron chi connectivity index (χ2n) is 19.2. The normalized spacial score (nSPS) is 12.4. The Kier molecular flexibility index (Phi) is 7.38. The highest BCUT2D eigenvalue weighted by molar-refractivity contribution is 6.32. The highest BCUT2D eigenvalue weighted by Gasteiger charge is 2.28. The summed E-state index contributed by atoms with van der Waals surface area (Å²) < 4.78 is 18.0. The lowest BCUT2D eigenvalue weighted by Gasteiger charge is -2.26. The van der Waals surface area contributed by atoms with E-state index in [0.29, 0.717) is 0 Å². The second-order valence-corrected chi connectivity index (χ2v) is 19.2. The molecule has 0 saturated carbocycles. The Hall–Kier alpha value is -9.78. The molecule has 0 N–H and O–H groups in total. The van der Waals surface area contributed by atoms with Crippen molar-refractivity contribution in [1.29, 1.82) is 0 Å². The SMILES string of the molecule is c1ccc(N(c2ccc3c(c2)oc2ccccc23)c2ccc3c4cc5c(cc4n4c6ccccc6c2c34)c2ccc(N(c3ccccc3)c3ccc4c(c3)oc3ccccc34)c3c4ccccc4n5c23)cc1. The molecule has 0 fully saturated rings. The molecule has 0 aliphatic carbocycles. The van der Waals surface area contributed by atoms with E-state index in [1.807, 2.05) is 24.3 Å². The van der Waals surface area contributed by atoms with Crippen LogP contribution in [0.3, 0.4) is 0 Å². The van der Waals surface area contributed by atoms with Crippen LogP contribution in [0.1, 0.15) is 0 Å². The van der Waals surface area contributed by atoms with Crippen molar-refractivity contribution in [3.8, 4) is 0 Å². The maximum atomic E-state index is 6.50. The van der Waals surface area contributed by atoms with Crippen molar-refractivity contribution in [2.45, 2.75) is 0 Å². The van der Waals surface area contributed by atoms with Crippen LogP contribution in [0.4, 0.5) is 34.1 Å². The second kappa shape index (κ2) is 13.9. The van der Waals surface area contributed by atoms with Gasteiger partial charge in [-0.2, -0.15) is 0 Å². The van der Waals surface area contributed by atoms with Crippen molar-refractivity contribution in [1.82, 2.24) is 8.80 Å². The number of furan rings is 2. The third-order valence-electron chi connectivity index (χ3n) is 15.5. The van der Waals surface area contributed by atoms with Crippen LogP contribution in [0.25, 0.3) is 120 Å². The molecule has 6 nitrogen and oxygen atoms in total. The summed E-state index contributed by atoms with van der Waals surface area (Å²) in [6.07, 6.45) is 0. The molecule has 17 aromatic rings. The van der Waals surface area contributed by atoms with E-state index in [0.717, 1.165) is 78.0 Å². The Bertz CT molecular complexity index is 4740. The monoisotopic (exact) mass is 918 g/mol. The minimum atomic E-state index is 0.868. The molecule has 6 heteroatoms. The quantitative estimate of drug-likeness (QED) is 0.167. The van der Waals surface area contributed by atoms with Crippen molar-refractivity contribution < 1.29 is 8.83 Å². The number of para-hydroxylation sites is 6. The fourth-order valence-electron chi connectivity index (χ4n) is 12.6. The summed E-state index contributed by atoms with van der Waals surface area (Å²) >= 11 is 0. The van der Waals surface area contributed by atoms with Crippen LogP contribution >= 0.6 is 0 Å². The summed E-state index contributed by atoms with van der Waals surface area (Å²) in [5, 5.41) is 14.2. The molecule has 0 spiro atoms. The van der Waals surface area contributed by atoms with Gasteiger partial charge in [0, 0.05) is 99.5 Å². The lowest BCUT2D eigenvalue weighted by atomic mass is 10.0. The first-order chi connectivity index (χ1) is 35.7. The van der Waals surface area contributed by atoms with Crippen molar-refractivity contribution in [2.75, 3.05) is 9.80 Å². The summed E-state index contributed by atoms with van der Waals surface area (Å²) in [7, 11) is 0. The standard InChI is InChI=1S/C66H38N4O2/c1-3-15-39(16-4-1)67(41-27-29-45-43-19-9-13-25-59(43)71-61(45)35-41)55-33-31-47-51-37-58-52(38-57(51)69-53-23-11-7-21-49(53)63(55)65(47)69)48-32-34-56(64-50-22-8-12-24-54(50)70(58)66(48)64)68(40-17-5-2-6-18-40)42-28-30-46-44-20-10-14-26-60(44)72-62(46)36-42/h1-38H. The highest BCUT2D eigenvalue weighted by Crippen LogP contribution is 2.52. The van der Waals surface area contributed by atoms with Crippen molar-refractivity contribution in [3.63, 3.8) is 0 Å². The minimum absolute atomic E-state index is 0.868. The Morgan fingerprint density at radius 3 is 1.08 bits per heavy atom. The largest absolute Gasteiger partial charge is 0.456 e. The summed E-state index contributed by atoms with van der Waals surface area (Å²) in [5.41, 5.74) is 17.2. The molecule has 72 heavy (non-hydrogen) atoms. The maximum Gasteiger partial charge on any atom is 0.137 e. The fraction of sp³-hybridized carbons (Fsp3) is 0.